The minimum atomic E-state index is 0.417. The number of hydrogen-bond donors (Lipinski definition) is 1. The van der Waals surface area contributed by atoms with Crippen molar-refractivity contribution in [1.82, 2.24) is 9.97 Å². The molecule has 0 radical (unpaired) electrons. The Kier molecular flexibility index (Phi) is 4.38. The second-order valence-corrected chi connectivity index (χ2v) is 5.55. The summed E-state index contributed by atoms with van der Waals surface area (Å²) in [6.07, 6.45) is 0. The lowest BCUT2D eigenvalue weighted by Gasteiger charge is -2.07. The first-order valence-electron chi connectivity index (χ1n) is 6.39. The quantitative estimate of drug-likeness (QED) is 0.548. The number of nitrogens with one attached hydrogen (secondary N) is 1. The van der Waals surface area contributed by atoms with Crippen molar-refractivity contribution < 1.29 is 0 Å². The zero-order valence-electron chi connectivity index (χ0n) is 11.0. The van der Waals surface area contributed by atoms with E-state index >= 15 is 0 Å². The van der Waals surface area contributed by atoms with E-state index in [0.717, 1.165) is 16.2 Å². The van der Waals surface area contributed by atoms with Crippen LogP contribution in [0, 0.1) is 0 Å². The molecule has 3 rings (SSSR count). The zero-order chi connectivity index (χ0) is 14.5. The van der Waals surface area contributed by atoms with Gasteiger partial charge in [-0.15, -0.1) is 0 Å². The lowest BCUT2D eigenvalue weighted by atomic mass is 10.1. The van der Waals surface area contributed by atoms with Crippen molar-refractivity contribution in [3.05, 3.63) is 71.9 Å². The molecule has 1 heterocycles. The van der Waals surface area contributed by atoms with E-state index in [1.54, 1.807) is 6.07 Å². The van der Waals surface area contributed by atoms with E-state index in [-0.39, 0.29) is 0 Å². The van der Waals surface area contributed by atoms with E-state index in [1.807, 2.05) is 60.7 Å². The lowest BCUT2D eigenvalue weighted by Crippen LogP contribution is -1.96. The van der Waals surface area contributed by atoms with Crippen molar-refractivity contribution in [2.24, 2.45) is 0 Å². The molecule has 1 aromatic heterocycles. The van der Waals surface area contributed by atoms with Gasteiger partial charge >= 0.3 is 0 Å². The summed E-state index contributed by atoms with van der Waals surface area (Å²) in [6.45, 7) is 0. The van der Waals surface area contributed by atoms with Crippen molar-refractivity contribution >= 4 is 29.5 Å². The highest BCUT2D eigenvalue weighted by Crippen LogP contribution is 2.24. The molecule has 0 unspecified atom stereocenters. The van der Waals surface area contributed by atoms with E-state index < -0.39 is 0 Å². The minimum Gasteiger partial charge on any atom is -0.294 e. The van der Waals surface area contributed by atoms with Crippen LogP contribution in [0.4, 0.5) is 5.95 Å². The largest absolute Gasteiger partial charge is 0.294 e. The first-order chi connectivity index (χ1) is 10.3. The van der Waals surface area contributed by atoms with Gasteiger partial charge < -0.3 is 0 Å². The molecule has 21 heavy (non-hydrogen) atoms. The predicted molar refractivity (Wildman–Crippen MR) is 88.4 cm³/mol. The van der Waals surface area contributed by atoms with Crippen LogP contribution in [0.25, 0.3) is 11.3 Å². The molecule has 3 nitrogen and oxygen atoms in total. The molecule has 0 aliphatic heterocycles. The molecule has 5 heteroatoms. The number of hydrogen-bond acceptors (Lipinski definition) is 4. The molecule has 3 aromatic rings. The van der Waals surface area contributed by atoms with Gasteiger partial charge in [-0.05, 0) is 24.1 Å². The van der Waals surface area contributed by atoms with Gasteiger partial charge in [0.25, 0.3) is 0 Å². The number of aromatic nitrogens is 2. The maximum Gasteiger partial charge on any atom is 0.235 e. The number of anilines is 1. The number of nitrogens with zero attached hydrogens (tertiary/aromatic N) is 2. The van der Waals surface area contributed by atoms with Gasteiger partial charge in [0.2, 0.25) is 5.95 Å². The third-order valence-corrected chi connectivity index (χ3v) is 3.75. The summed E-state index contributed by atoms with van der Waals surface area (Å²) < 4.78 is 3.12. The van der Waals surface area contributed by atoms with Crippen molar-refractivity contribution in [2.75, 3.05) is 4.72 Å². The average Bonchev–Trinajstić information content (AvgIpc) is 2.54. The number of halogens is 1. The maximum absolute atomic E-state index is 6.08. The first-order valence-corrected chi connectivity index (χ1v) is 7.58. The minimum absolute atomic E-state index is 0.417. The van der Waals surface area contributed by atoms with Gasteiger partial charge in [-0.2, -0.15) is 0 Å². The summed E-state index contributed by atoms with van der Waals surface area (Å²) in [5.41, 5.74) is 1.81. The molecule has 0 amide bonds. The topological polar surface area (TPSA) is 37.8 Å². The summed E-state index contributed by atoms with van der Waals surface area (Å²) >= 11 is 7.53. The molecule has 0 saturated heterocycles. The Bertz CT molecular complexity index is 720. The molecular weight excluding hydrogens is 302 g/mol. The zero-order valence-corrected chi connectivity index (χ0v) is 12.6. The van der Waals surface area contributed by atoms with Crippen LogP contribution in [-0.2, 0) is 0 Å². The van der Waals surface area contributed by atoms with Crippen molar-refractivity contribution in [1.29, 1.82) is 0 Å². The van der Waals surface area contributed by atoms with Gasteiger partial charge in [-0.1, -0.05) is 60.1 Å². The van der Waals surface area contributed by atoms with Gasteiger partial charge in [-0.25, -0.2) is 9.97 Å². The average molecular weight is 314 g/mol. The number of rotatable bonds is 4. The van der Waals surface area contributed by atoms with Gasteiger partial charge in [0.05, 0.1) is 5.69 Å². The molecule has 1 N–H and O–H groups in total. The van der Waals surface area contributed by atoms with Crippen LogP contribution in [0.15, 0.2) is 71.6 Å². The van der Waals surface area contributed by atoms with Crippen LogP contribution >= 0.6 is 23.5 Å². The van der Waals surface area contributed by atoms with Gasteiger partial charge in [-0.3, -0.25) is 4.72 Å². The Morgan fingerprint density at radius 3 is 2.24 bits per heavy atom. The first kappa shape index (κ1) is 13.9. The van der Waals surface area contributed by atoms with E-state index in [1.165, 1.54) is 11.9 Å². The molecule has 0 aliphatic carbocycles. The molecule has 2 aromatic carbocycles. The van der Waals surface area contributed by atoms with Gasteiger partial charge in [0, 0.05) is 16.5 Å². The second-order valence-electron chi connectivity index (χ2n) is 4.28. The van der Waals surface area contributed by atoms with Gasteiger partial charge in [0.1, 0.15) is 5.15 Å². The Morgan fingerprint density at radius 1 is 0.857 bits per heavy atom. The summed E-state index contributed by atoms with van der Waals surface area (Å²) in [5, 5.41) is 0.417. The predicted octanol–water partition coefficient (Wildman–Crippen LogP) is 4.92. The highest BCUT2D eigenvalue weighted by molar-refractivity contribution is 8.00. The molecule has 0 atom stereocenters. The third-order valence-electron chi connectivity index (χ3n) is 2.77. The normalized spacial score (nSPS) is 10.3. The van der Waals surface area contributed by atoms with Gasteiger partial charge in [0.15, 0.2) is 0 Å². The fourth-order valence-corrected chi connectivity index (χ4v) is 2.59. The monoisotopic (exact) mass is 313 g/mol. The fourth-order valence-electron chi connectivity index (χ4n) is 1.81. The highest BCUT2D eigenvalue weighted by Gasteiger charge is 2.05. The molecule has 104 valence electrons. The number of benzene rings is 2. The Balaban J connectivity index is 1.82. The van der Waals surface area contributed by atoms with E-state index in [4.69, 9.17) is 11.6 Å². The summed E-state index contributed by atoms with van der Waals surface area (Å²) in [7, 11) is 0. The SMILES string of the molecule is Clc1cc(-c2ccccc2)nc(NSc2ccccc2)n1. The van der Waals surface area contributed by atoms with E-state index in [2.05, 4.69) is 14.7 Å². The maximum atomic E-state index is 6.08. The molecule has 0 fully saturated rings. The standard InChI is InChI=1S/C16H12ClN3S/c17-15-11-14(12-7-3-1-4-8-12)18-16(19-15)20-21-13-9-5-2-6-10-13/h1-11H,(H,18,19,20). The highest BCUT2D eigenvalue weighted by atomic mass is 35.5. The Hall–Kier alpha value is -2.04. The van der Waals surface area contributed by atoms with E-state index in [0.29, 0.717) is 11.1 Å². The van der Waals surface area contributed by atoms with Crippen molar-refractivity contribution in [2.45, 2.75) is 4.90 Å². The van der Waals surface area contributed by atoms with Crippen LogP contribution < -0.4 is 4.72 Å². The second kappa shape index (κ2) is 6.61. The summed E-state index contributed by atoms with van der Waals surface area (Å²) in [5.74, 6) is 0.496. The molecule has 0 bridgehead atoms. The van der Waals surface area contributed by atoms with Crippen LogP contribution in [0.1, 0.15) is 0 Å². The summed E-state index contributed by atoms with van der Waals surface area (Å²) in [4.78, 5) is 9.77. The van der Waals surface area contributed by atoms with Crippen LogP contribution in [-0.4, -0.2) is 9.97 Å². The Morgan fingerprint density at radius 2 is 1.52 bits per heavy atom. The van der Waals surface area contributed by atoms with Crippen molar-refractivity contribution in [3.8, 4) is 11.3 Å². The third kappa shape index (κ3) is 3.74. The molecule has 0 spiro atoms. The lowest BCUT2D eigenvalue weighted by molar-refractivity contribution is 1.19. The summed E-state index contributed by atoms with van der Waals surface area (Å²) in [6, 6.07) is 21.6. The van der Waals surface area contributed by atoms with Crippen LogP contribution in [0.5, 0.6) is 0 Å². The van der Waals surface area contributed by atoms with E-state index in [9.17, 15) is 0 Å². The fraction of sp³-hybridized carbons (Fsp3) is 0. The van der Waals surface area contributed by atoms with Crippen LogP contribution in [0.2, 0.25) is 5.15 Å². The molecule has 0 aliphatic rings. The smallest absolute Gasteiger partial charge is 0.235 e. The van der Waals surface area contributed by atoms with Crippen molar-refractivity contribution in [3.63, 3.8) is 0 Å². The molecular formula is C16H12ClN3S. The van der Waals surface area contributed by atoms with Crippen LogP contribution in [0.3, 0.4) is 0 Å². The molecule has 0 saturated carbocycles. The Labute approximate surface area is 132 Å².